The first-order valence-electron chi connectivity index (χ1n) is 9.21. The van der Waals surface area contributed by atoms with Crippen molar-refractivity contribution in [2.24, 2.45) is 7.05 Å². The fourth-order valence-electron chi connectivity index (χ4n) is 3.35. The van der Waals surface area contributed by atoms with Gasteiger partial charge in [0.15, 0.2) is 11.6 Å². The molecule has 0 spiro atoms. The van der Waals surface area contributed by atoms with Crippen LogP contribution in [-0.4, -0.2) is 32.1 Å². The molecule has 28 heavy (non-hydrogen) atoms. The van der Waals surface area contributed by atoms with E-state index >= 15 is 0 Å². The summed E-state index contributed by atoms with van der Waals surface area (Å²) in [6.45, 7) is 5.18. The number of nitrogens with zero attached hydrogens (tertiary/aromatic N) is 5. The molecule has 2 aromatic heterocycles. The Morgan fingerprint density at radius 3 is 2.96 bits per heavy atom. The molecule has 0 radical (unpaired) electrons. The van der Waals surface area contributed by atoms with Crippen LogP contribution in [0.25, 0.3) is 0 Å². The molecule has 0 saturated carbocycles. The van der Waals surface area contributed by atoms with Gasteiger partial charge < -0.3 is 10.2 Å². The van der Waals surface area contributed by atoms with E-state index in [-0.39, 0.29) is 5.78 Å². The molecule has 3 aromatic rings. The normalized spacial score (nSPS) is 12.7. The van der Waals surface area contributed by atoms with E-state index in [0.717, 1.165) is 42.0 Å². The van der Waals surface area contributed by atoms with Crippen molar-refractivity contribution in [1.82, 2.24) is 19.7 Å². The lowest BCUT2D eigenvalue weighted by molar-refractivity contribution is -0.114. The van der Waals surface area contributed by atoms with Crippen molar-refractivity contribution in [3.05, 3.63) is 72.1 Å². The van der Waals surface area contributed by atoms with Crippen LogP contribution in [0.3, 0.4) is 0 Å². The molecule has 4 rings (SSSR count). The van der Waals surface area contributed by atoms with Crippen molar-refractivity contribution < 1.29 is 4.79 Å². The lowest BCUT2D eigenvalue weighted by Crippen LogP contribution is -2.21. The summed E-state index contributed by atoms with van der Waals surface area (Å²) in [6.07, 6.45) is 6.43. The van der Waals surface area contributed by atoms with E-state index < -0.39 is 0 Å². The molecule has 0 unspecified atom stereocenters. The average Bonchev–Trinajstić information content (AvgIpc) is 3.28. The Labute approximate surface area is 163 Å². The standard InChI is InChI=1S/C21H22N6O/c1-3-18(28)12-15-5-4-6-16(11-15)14-27-10-7-17-13-22-21(24-20(17)27)23-19-8-9-26(2)25-19/h3-6,8-9,11,13H,1,7,10,12,14H2,2H3,(H,22,23,24,25). The molecule has 0 bridgehead atoms. The number of carbonyl (C=O) groups is 1. The SMILES string of the molecule is C=CC(=O)Cc1cccc(CN2CCc3cnc(Nc4ccn(C)n4)nc32)c1. The van der Waals surface area contributed by atoms with Crippen LogP contribution in [0.4, 0.5) is 17.6 Å². The topological polar surface area (TPSA) is 75.9 Å². The van der Waals surface area contributed by atoms with Crippen LogP contribution >= 0.6 is 0 Å². The maximum absolute atomic E-state index is 11.6. The van der Waals surface area contributed by atoms with Gasteiger partial charge in [-0.25, -0.2) is 4.98 Å². The minimum Gasteiger partial charge on any atom is -0.352 e. The van der Waals surface area contributed by atoms with Gasteiger partial charge in [0.05, 0.1) is 0 Å². The van der Waals surface area contributed by atoms with E-state index in [1.807, 2.05) is 37.6 Å². The Hall–Kier alpha value is -3.48. The maximum Gasteiger partial charge on any atom is 0.230 e. The average molecular weight is 374 g/mol. The third-order valence-corrected chi connectivity index (χ3v) is 4.72. The number of anilines is 3. The molecule has 1 N–H and O–H groups in total. The molecule has 142 valence electrons. The number of rotatable bonds is 7. The lowest BCUT2D eigenvalue weighted by Gasteiger charge is -2.19. The van der Waals surface area contributed by atoms with Crippen LogP contribution in [0, 0.1) is 0 Å². The largest absolute Gasteiger partial charge is 0.352 e. The van der Waals surface area contributed by atoms with Gasteiger partial charge in [-0.3, -0.25) is 9.48 Å². The van der Waals surface area contributed by atoms with Crippen LogP contribution in [0.2, 0.25) is 0 Å². The second-order valence-corrected chi connectivity index (χ2v) is 6.88. The number of hydrogen-bond acceptors (Lipinski definition) is 6. The summed E-state index contributed by atoms with van der Waals surface area (Å²) in [7, 11) is 1.87. The zero-order valence-electron chi connectivity index (χ0n) is 15.8. The molecule has 0 fully saturated rings. The van der Waals surface area contributed by atoms with Crippen molar-refractivity contribution >= 4 is 23.4 Å². The highest BCUT2D eigenvalue weighted by Crippen LogP contribution is 2.28. The third-order valence-electron chi connectivity index (χ3n) is 4.72. The summed E-state index contributed by atoms with van der Waals surface area (Å²) in [5.74, 6) is 2.23. The molecule has 0 aliphatic carbocycles. The van der Waals surface area contributed by atoms with E-state index in [1.54, 1.807) is 4.68 Å². The fourth-order valence-corrected chi connectivity index (χ4v) is 3.35. The van der Waals surface area contributed by atoms with Gasteiger partial charge in [-0.05, 0) is 23.6 Å². The summed E-state index contributed by atoms with van der Waals surface area (Å²) in [5.41, 5.74) is 3.30. The number of benzene rings is 1. The molecule has 3 heterocycles. The Bertz CT molecular complexity index is 1030. The van der Waals surface area contributed by atoms with Gasteiger partial charge in [0.25, 0.3) is 0 Å². The number of aryl methyl sites for hydroxylation is 1. The number of allylic oxidation sites excluding steroid dienone is 1. The van der Waals surface area contributed by atoms with Crippen molar-refractivity contribution in [3.63, 3.8) is 0 Å². The van der Waals surface area contributed by atoms with E-state index in [1.165, 1.54) is 6.08 Å². The second kappa shape index (κ2) is 7.64. The molecule has 0 amide bonds. The lowest BCUT2D eigenvalue weighted by atomic mass is 10.1. The summed E-state index contributed by atoms with van der Waals surface area (Å²) in [5, 5.41) is 7.45. The minimum atomic E-state index is 0.0293. The highest BCUT2D eigenvalue weighted by atomic mass is 16.1. The van der Waals surface area contributed by atoms with Gasteiger partial charge in [-0.1, -0.05) is 30.8 Å². The van der Waals surface area contributed by atoms with Gasteiger partial charge >= 0.3 is 0 Å². The molecule has 7 nitrogen and oxygen atoms in total. The Morgan fingerprint density at radius 1 is 1.32 bits per heavy atom. The van der Waals surface area contributed by atoms with Gasteiger partial charge in [-0.15, -0.1) is 0 Å². The van der Waals surface area contributed by atoms with E-state index in [9.17, 15) is 4.79 Å². The Balaban J connectivity index is 1.51. The van der Waals surface area contributed by atoms with Crippen LogP contribution in [0.15, 0.2) is 55.4 Å². The minimum absolute atomic E-state index is 0.0293. The maximum atomic E-state index is 11.6. The van der Waals surface area contributed by atoms with Crippen molar-refractivity contribution in [1.29, 1.82) is 0 Å². The first-order chi connectivity index (χ1) is 13.6. The summed E-state index contributed by atoms with van der Waals surface area (Å²) >= 11 is 0. The van der Waals surface area contributed by atoms with Crippen LogP contribution < -0.4 is 10.2 Å². The molecular weight excluding hydrogens is 352 g/mol. The van der Waals surface area contributed by atoms with E-state index in [4.69, 9.17) is 4.98 Å². The van der Waals surface area contributed by atoms with Crippen LogP contribution in [-0.2, 0) is 31.2 Å². The fraction of sp³-hybridized carbons (Fsp3) is 0.238. The molecule has 1 aliphatic rings. The molecule has 7 heteroatoms. The first-order valence-corrected chi connectivity index (χ1v) is 9.21. The number of hydrogen-bond donors (Lipinski definition) is 1. The number of ketones is 1. The molecule has 1 aliphatic heterocycles. The first kappa shape index (κ1) is 17.9. The zero-order valence-corrected chi connectivity index (χ0v) is 15.8. The molecule has 0 atom stereocenters. The number of carbonyl (C=O) groups excluding carboxylic acids is 1. The smallest absolute Gasteiger partial charge is 0.230 e. The number of aromatic nitrogens is 4. The van der Waals surface area contributed by atoms with Gasteiger partial charge in [0.2, 0.25) is 5.95 Å². The van der Waals surface area contributed by atoms with Gasteiger partial charge in [-0.2, -0.15) is 10.1 Å². The predicted molar refractivity (Wildman–Crippen MR) is 109 cm³/mol. The zero-order chi connectivity index (χ0) is 19.5. The number of nitrogens with one attached hydrogen (secondary N) is 1. The highest BCUT2D eigenvalue weighted by molar-refractivity contribution is 5.90. The van der Waals surface area contributed by atoms with E-state index in [0.29, 0.717) is 18.2 Å². The third kappa shape index (κ3) is 3.93. The molecule has 1 aromatic carbocycles. The summed E-state index contributed by atoms with van der Waals surface area (Å²) in [4.78, 5) is 23.0. The van der Waals surface area contributed by atoms with Crippen LogP contribution in [0.1, 0.15) is 16.7 Å². The monoisotopic (exact) mass is 374 g/mol. The van der Waals surface area contributed by atoms with Crippen molar-refractivity contribution in [2.75, 3.05) is 16.8 Å². The molecular formula is C21H22N6O. The van der Waals surface area contributed by atoms with Gasteiger partial charge in [0, 0.05) is 50.6 Å². The Morgan fingerprint density at radius 2 is 2.18 bits per heavy atom. The highest BCUT2D eigenvalue weighted by Gasteiger charge is 2.22. The second-order valence-electron chi connectivity index (χ2n) is 6.88. The van der Waals surface area contributed by atoms with Crippen molar-refractivity contribution in [2.45, 2.75) is 19.4 Å². The van der Waals surface area contributed by atoms with Crippen LogP contribution in [0.5, 0.6) is 0 Å². The number of fused-ring (bicyclic) bond motifs is 1. The molecule has 0 saturated heterocycles. The quantitative estimate of drug-likeness (QED) is 0.641. The van der Waals surface area contributed by atoms with E-state index in [2.05, 4.69) is 39.0 Å². The Kier molecular flexibility index (Phi) is 4.89. The predicted octanol–water partition coefficient (Wildman–Crippen LogP) is 2.81. The summed E-state index contributed by atoms with van der Waals surface area (Å²) in [6, 6.07) is 10.00. The van der Waals surface area contributed by atoms with Gasteiger partial charge in [0.1, 0.15) is 5.82 Å². The summed E-state index contributed by atoms with van der Waals surface area (Å²) < 4.78 is 1.73. The van der Waals surface area contributed by atoms with Crippen molar-refractivity contribution in [3.8, 4) is 0 Å².